The van der Waals surface area contributed by atoms with Crippen LogP contribution in [0.15, 0.2) is 11.1 Å². The lowest BCUT2D eigenvalue weighted by Gasteiger charge is -2.11. The van der Waals surface area contributed by atoms with Crippen molar-refractivity contribution in [2.45, 2.75) is 239 Å². The van der Waals surface area contributed by atoms with Gasteiger partial charge in [0.05, 0.1) is 0 Å². The third-order valence-corrected chi connectivity index (χ3v) is 9.52. The lowest BCUT2D eigenvalue weighted by molar-refractivity contribution is -0.132. The molecule has 250 valence electrons. The van der Waals surface area contributed by atoms with Crippen molar-refractivity contribution in [2.24, 2.45) is 0 Å². The second kappa shape index (κ2) is 34.7. The molecule has 0 aliphatic carbocycles. The van der Waals surface area contributed by atoms with E-state index in [1.165, 1.54) is 198 Å². The Morgan fingerprint density at radius 2 is 0.548 bits per heavy atom. The van der Waals surface area contributed by atoms with Gasteiger partial charge < -0.3 is 5.11 Å². The molecule has 0 aromatic rings. The van der Waals surface area contributed by atoms with Gasteiger partial charge in [0.1, 0.15) is 0 Å². The summed E-state index contributed by atoms with van der Waals surface area (Å²) in [4.78, 5) is 11.6. The highest BCUT2D eigenvalue weighted by Gasteiger charge is 2.09. The Morgan fingerprint density at radius 3 is 0.738 bits per heavy atom. The lowest BCUT2D eigenvalue weighted by Crippen LogP contribution is -2.02. The van der Waals surface area contributed by atoms with Crippen molar-refractivity contribution >= 4 is 5.97 Å². The van der Waals surface area contributed by atoms with Gasteiger partial charge in [-0.1, -0.05) is 212 Å². The molecule has 0 aliphatic heterocycles. The van der Waals surface area contributed by atoms with Gasteiger partial charge in [0.15, 0.2) is 0 Å². The Labute approximate surface area is 265 Å². The molecule has 0 fully saturated rings. The minimum absolute atomic E-state index is 0.622. The predicted octanol–water partition coefficient (Wildman–Crippen LogP) is 14.7. The van der Waals surface area contributed by atoms with Gasteiger partial charge in [-0.3, -0.25) is 0 Å². The van der Waals surface area contributed by atoms with Gasteiger partial charge in [-0.05, 0) is 32.6 Å². The van der Waals surface area contributed by atoms with Crippen LogP contribution >= 0.6 is 0 Å². The zero-order chi connectivity index (χ0) is 30.8. The summed E-state index contributed by atoms with van der Waals surface area (Å²) in [6.45, 7) is 6.41. The summed E-state index contributed by atoms with van der Waals surface area (Å²) >= 11 is 0. The van der Waals surface area contributed by atoms with Crippen molar-refractivity contribution < 1.29 is 9.90 Å². The zero-order valence-corrected chi connectivity index (χ0v) is 29.4. The van der Waals surface area contributed by atoms with E-state index in [1.807, 2.05) is 6.92 Å². The van der Waals surface area contributed by atoms with Crippen LogP contribution in [0.25, 0.3) is 0 Å². The molecule has 0 heterocycles. The van der Waals surface area contributed by atoms with E-state index < -0.39 is 5.97 Å². The zero-order valence-electron chi connectivity index (χ0n) is 29.4. The van der Waals surface area contributed by atoms with Crippen molar-refractivity contribution in [2.75, 3.05) is 0 Å². The summed E-state index contributed by atoms with van der Waals surface area (Å²) in [6.07, 6.45) is 46.3. The maximum Gasteiger partial charge on any atom is 0.331 e. The monoisotopic (exact) mass is 591 g/mol. The van der Waals surface area contributed by atoms with Gasteiger partial charge in [-0.15, -0.1) is 0 Å². The van der Waals surface area contributed by atoms with E-state index >= 15 is 0 Å². The topological polar surface area (TPSA) is 37.3 Å². The predicted molar refractivity (Wildman–Crippen MR) is 189 cm³/mol. The van der Waals surface area contributed by atoms with E-state index in [1.54, 1.807) is 0 Å². The van der Waals surface area contributed by atoms with E-state index in [-0.39, 0.29) is 0 Å². The highest BCUT2D eigenvalue weighted by atomic mass is 16.4. The van der Waals surface area contributed by atoms with Gasteiger partial charge in [-0.2, -0.15) is 0 Å². The summed E-state index contributed by atoms with van der Waals surface area (Å²) in [7, 11) is 0. The molecule has 2 heteroatoms. The van der Waals surface area contributed by atoms with Gasteiger partial charge in [0.25, 0.3) is 0 Å². The number of hydrogen-bond acceptors (Lipinski definition) is 1. The second-order valence-corrected chi connectivity index (χ2v) is 13.6. The number of rotatable bonds is 35. The molecule has 0 saturated heterocycles. The number of unbranched alkanes of at least 4 members (excludes halogenated alkanes) is 30. The summed E-state index contributed by atoms with van der Waals surface area (Å²) in [5, 5.41) is 9.56. The molecule has 0 spiro atoms. The van der Waals surface area contributed by atoms with Crippen LogP contribution in [0.1, 0.15) is 239 Å². The van der Waals surface area contributed by atoms with Gasteiger partial charge in [-0.25, -0.2) is 4.79 Å². The van der Waals surface area contributed by atoms with Gasteiger partial charge in [0.2, 0.25) is 0 Å². The Kier molecular flexibility index (Phi) is 34.0. The molecule has 1 N–H and O–H groups in total. The molecule has 0 radical (unpaired) electrons. The van der Waals surface area contributed by atoms with E-state index in [4.69, 9.17) is 0 Å². The number of hydrogen-bond donors (Lipinski definition) is 1. The third-order valence-electron chi connectivity index (χ3n) is 9.52. The molecule has 0 aliphatic rings. The number of carboxylic acid groups (broad SMARTS) is 1. The molecule has 0 atom stereocenters. The van der Waals surface area contributed by atoms with Crippen LogP contribution in [0.3, 0.4) is 0 Å². The first-order valence-corrected chi connectivity index (χ1v) is 19.5. The fraction of sp³-hybridized carbons (Fsp3) is 0.925. The van der Waals surface area contributed by atoms with E-state index in [0.29, 0.717) is 5.57 Å². The highest BCUT2D eigenvalue weighted by molar-refractivity contribution is 5.86. The molecule has 0 rings (SSSR count). The summed E-state index contributed by atoms with van der Waals surface area (Å²) in [5.74, 6) is -0.710. The molecule has 2 nitrogen and oxygen atoms in total. The van der Waals surface area contributed by atoms with Crippen LogP contribution in [-0.4, -0.2) is 11.1 Å². The third kappa shape index (κ3) is 30.7. The minimum atomic E-state index is -0.710. The van der Waals surface area contributed by atoms with Crippen LogP contribution in [-0.2, 0) is 4.79 Å². The maximum absolute atomic E-state index is 11.6. The molecule has 0 saturated carbocycles. The fourth-order valence-electron chi connectivity index (χ4n) is 6.42. The Bertz CT molecular complexity index is 578. The first-order valence-electron chi connectivity index (χ1n) is 19.5. The Balaban J connectivity index is 3.62. The standard InChI is InChI=1S/C40H78O2/c1-4-6-8-10-12-14-16-18-20-21-22-23-25-27-29-31-33-35-37-39(38(3)40(41)42)36-34-32-30-28-26-24-19-17-15-13-11-9-7-5-2/h4-37H2,1-3H3,(H,41,42). The fourth-order valence-corrected chi connectivity index (χ4v) is 6.42. The first kappa shape index (κ1) is 41.2. The van der Waals surface area contributed by atoms with Crippen LogP contribution in [0, 0.1) is 0 Å². The van der Waals surface area contributed by atoms with Crippen LogP contribution in [0.5, 0.6) is 0 Å². The lowest BCUT2D eigenvalue weighted by atomic mass is 9.95. The molecule has 42 heavy (non-hydrogen) atoms. The van der Waals surface area contributed by atoms with Crippen molar-refractivity contribution in [1.82, 2.24) is 0 Å². The van der Waals surface area contributed by atoms with Gasteiger partial charge in [0, 0.05) is 5.57 Å². The van der Waals surface area contributed by atoms with Crippen LogP contribution in [0.4, 0.5) is 0 Å². The van der Waals surface area contributed by atoms with Gasteiger partial charge >= 0.3 is 5.97 Å². The molecule has 0 amide bonds. The first-order chi connectivity index (χ1) is 20.6. The molecular formula is C40H78O2. The average molecular weight is 591 g/mol. The summed E-state index contributed by atoms with van der Waals surface area (Å²) in [6, 6.07) is 0. The average Bonchev–Trinajstić information content (AvgIpc) is 2.99. The van der Waals surface area contributed by atoms with E-state index in [2.05, 4.69) is 13.8 Å². The second-order valence-electron chi connectivity index (χ2n) is 13.6. The number of carbonyl (C=O) groups is 1. The normalized spacial score (nSPS) is 12.2. The minimum Gasteiger partial charge on any atom is -0.478 e. The van der Waals surface area contributed by atoms with Crippen molar-refractivity contribution in [1.29, 1.82) is 0 Å². The van der Waals surface area contributed by atoms with Crippen molar-refractivity contribution in [3.05, 3.63) is 11.1 Å². The Hall–Kier alpha value is -0.790. The van der Waals surface area contributed by atoms with Crippen LogP contribution in [0.2, 0.25) is 0 Å². The number of allylic oxidation sites excluding steroid dienone is 1. The van der Waals surface area contributed by atoms with E-state index in [0.717, 1.165) is 25.7 Å². The number of aliphatic carboxylic acids is 1. The smallest absolute Gasteiger partial charge is 0.331 e. The van der Waals surface area contributed by atoms with Crippen molar-refractivity contribution in [3.63, 3.8) is 0 Å². The molecule has 0 aromatic heterocycles. The van der Waals surface area contributed by atoms with E-state index in [9.17, 15) is 9.90 Å². The van der Waals surface area contributed by atoms with Crippen molar-refractivity contribution in [3.8, 4) is 0 Å². The SMILES string of the molecule is CCCCCCCCCCCCCCCCCCCCC(CCCCCCCCCCCCCCCC)=C(C)C(=O)O. The number of carboxylic acids is 1. The molecule has 0 bridgehead atoms. The largest absolute Gasteiger partial charge is 0.478 e. The summed E-state index contributed by atoms with van der Waals surface area (Å²) in [5.41, 5.74) is 1.84. The molecule has 0 unspecified atom stereocenters. The highest BCUT2D eigenvalue weighted by Crippen LogP contribution is 2.22. The van der Waals surface area contributed by atoms with Crippen LogP contribution < -0.4 is 0 Å². The Morgan fingerprint density at radius 1 is 0.357 bits per heavy atom. The maximum atomic E-state index is 11.6. The summed E-state index contributed by atoms with van der Waals surface area (Å²) < 4.78 is 0. The molecule has 0 aromatic carbocycles. The molecular weight excluding hydrogens is 512 g/mol. The quantitative estimate of drug-likeness (QED) is 0.0588.